The Hall–Kier alpha value is -1.92. The summed E-state index contributed by atoms with van der Waals surface area (Å²) in [7, 11) is 0. The summed E-state index contributed by atoms with van der Waals surface area (Å²) in [5, 5.41) is 0. The first kappa shape index (κ1) is 16.5. The minimum absolute atomic E-state index is 0.129. The lowest BCUT2D eigenvalue weighted by Crippen LogP contribution is -2.36. The molecule has 2 rings (SSSR count). The highest BCUT2D eigenvalue weighted by molar-refractivity contribution is 5.68. The average molecular weight is 317 g/mol. The van der Waals surface area contributed by atoms with Gasteiger partial charge in [0.25, 0.3) is 0 Å². The number of carbonyl (C=O) groups excluding carboxylic acids is 1. The maximum Gasteiger partial charge on any atom is 0.410 e. The normalized spacial score (nSPS) is 18.5. The van der Waals surface area contributed by atoms with Crippen LogP contribution in [0.2, 0.25) is 0 Å². The SMILES string of the molecule is CC(C)(C)OC(=O)N1CCC(Oc2c(F)ccc(F)c2F)C1. The fourth-order valence-corrected chi connectivity index (χ4v) is 2.10. The number of hydrogen-bond acceptors (Lipinski definition) is 3. The van der Waals surface area contributed by atoms with Crippen LogP contribution < -0.4 is 4.74 Å². The van der Waals surface area contributed by atoms with E-state index in [4.69, 9.17) is 9.47 Å². The third-order valence-electron chi connectivity index (χ3n) is 3.08. The van der Waals surface area contributed by atoms with Crippen LogP contribution >= 0.6 is 0 Å². The predicted molar refractivity (Wildman–Crippen MR) is 73.2 cm³/mol. The van der Waals surface area contributed by atoms with Gasteiger partial charge in [0.15, 0.2) is 17.4 Å². The summed E-state index contributed by atoms with van der Waals surface area (Å²) in [6, 6.07) is 1.49. The molecule has 22 heavy (non-hydrogen) atoms. The molecule has 0 saturated carbocycles. The van der Waals surface area contributed by atoms with Gasteiger partial charge in [0.05, 0.1) is 6.54 Å². The Morgan fingerprint density at radius 1 is 1.23 bits per heavy atom. The first-order chi connectivity index (χ1) is 10.2. The second-order valence-corrected chi connectivity index (χ2v) is 6.13. The lowest BCUT2D eigenvalue weighted by molar-refractivity contribution is 0.0274. The van der Waals surface area contributed by atoms with Crippen molar-refractivity contribution in [1.29, 1.82) is 0 Å². The molecule has 1 unspecified atom stereocenters. The molecule has 1 aromatic rings. The Bertz CT molecular complexity index is 572. The van der Waals surface area contributed by atoms with E-state index < -0.39 is 41.0 Å². The van der Waals surface area contributed by atoms with E-state index >= 15 is 0 Å². The topological polar surface area (TPSA) is 38.8 Å². The zero-order chi connectivity index (χ0) is 16.5. The molecule has 0 aliphatic carbocycles. The van der Waals surface area contributed by atoms with Crippen LogP contribution in [0.25, 0.3) is 0 Å². The molecule has 4 nitrogen and oxygen atoms in total. The van der Waals surface area contributed by atoms with Gasteiger partial charge in [0.2, 0.25) is 5.82 Å². The van der Waals surface area contributed by atoms with E-state index in [-0.39, 0.29) is 6.54 Å². The minimum atomic E-state index is -1.37. The monoisotopic (exact) mass is 317 g/mol. The fraction of sp³-hybridized carbons (Fsp3) is 0.533. The van der Waals surface area contributed by atoms with Gasteiger partial charge in [-0.3, -0.25) is 0 Å². The first-order valence-corrected chi connectivity index (χ1v) is 6.95. The number of carbonyl (C=O) groups is 1. The third kappa shape index (κ3) is 3.84. The number of ether oxygens (including phenoxy) is 2. The van der Waals surface area contributed by atoms with Crippen LogP contribution in [-0.2, 0) is 4.74 Å². The molecule has 7 heteroatoms. The van der Waals surface area contributed by atoms with Crippen molar-refractivity contribution in [3.63, 3.8) is 0 Å². The smallest absolute Gasteiger partial charge is 0.410 e. The molecule has 122 valence electrons. The lowest BCUT2D eigenvalue weighted by atomic mass is 10.2. The molecule has 1 aliphatic rings. The second-order valence-electron chi connectivity index (χ2n) is 6.13. The van der Waals surface area contributed by atoms with E-state index in [9.17, 15) is 18.0 Å². The summed E-state index contributed by atoms with van der Waals surface area (Å²) < 4.78 is 50.6. The Morgan fingerprint density at radius 3 is 2.50 bits per heavy atom. The highest BCUT2D eigenvalue weighted by Crippen LogP contribution is 2.27. The summed E-state index contributed by atoms with van der Waals surface area (Å²) in [5.41, 5.74) is -0.628. The van der Waals surface area contributed by atoms with Gasteiger partial charge in [-0.2, -0.15) is 4.39 Å². The van der Waals surface area contributed by atoms with Crippen molar-refractivity contribution in [2.45, 2.75) is 38.9 Å². The van der Waals surface area contributed by atoms with Crippen LogP contribution in [0.15, 0.2) is 12.1 Å². The van der Waals surface area contributed by atoms with Crippen LogP contribution in [0.3, 0.4) is 0 Å². The average Bonchev–Trinajstić information content (AvgIpc) is 2.86. The molecular formula is C15H18F3NO3. The summed E-state index contributed by atoms with van der Waals surface area (Å²) in [5.74, 6) is -4.28. The van der Waals surface area contributed by atoms with Gasteiger partial charge in [0, 0.05) is 13.0 Å². The summed E-state index contributed by atoms with van der Waals surface area (Å²) in [6.07, 6.45) is -0.744. The van der Waals surface area contributed by atoms with Crippen molar-refractivity contribution >= 4 is 6.09 Å². The van der Waals surface area contributed by atoms with E-state index in [1.54, 1.807) is 20.8 Å². The maximum absolute atomic E-state index is 13.5. The molecule has 1 aromatic carbocycles. The van der Waals surface area contributed by atoms with Crippen LogP contribution in [0, 0.1) is 17.5 Å². The van der Waals surface area contributed by atoms with E-state index in [2.05, 4.69) is 0 Å². The maximum atomic E-state index is 13.5. The number of likely N-dealkylation sites (tertiary alicyclic amines) is 1. The Labute approximate surface area is 126 Å². The Morgan fingerprint density at radius 2 is 1.86 bits per heavy atom. The van der Waals surface area contributed by atoms with Crippen LogP contribution in [0.4, 0.5) is 18.0 Å². The number of halogens is 3. The fourth-order valence-electron chi connectivity index (χ4n) is 2.10. The van der Waals surface area contributed by atoms with E-state index in [1.807, 2.05) is 0 Å². The molecule has 1 aliphatic heterocycles. The number of benzene rings is 1. The van der Waals surface area contributed by atoms with Crippen LogP contribution in [-0.4, -0.2) is 35.8 Å². The molecule has 1 fully saturated rings. The number of hydrogen-bond donors (Lipinski definition) is 0. The summed E-state index contributed by atoms with van der Waals surface area (Å²) in [6.45, 7) is 5.70. The van der Waals surface area contributed by atoms with Gasteiger partial charge in [-0.05, 0) is 32.9 Å². The lowest BCUT2D eigenvalue weighted by Gasteiger charge is -2.24. The molecule has 0 aromatic heterocycles. The first-order valence-electron chi connectivity index (χ1n) is 6.95. The molecule has 1 amide bonds. The molecular weight excluding hydrogens is 299 g/mol. The van der Waals surface area contributed by atoms with E-state index in [1.165, 1.54) is 4.90 Å². The third-order valence-corrected chi connectivity index (χ3v) is 3.08. The Kier molecular flexibility index (Phi) is 4.53. The summed E-state index contributed by atoms with van der Waals surface area (Å²) >= 11 is 0. The quantitative estimate of drug-likeness (QED) is 0.784. The highest BCUT2D eigenvalue weighted by Gasteiger charge is 2.32. The van der Waals surface area contributed by atoms with Crippen LogP contribution in [0.1, 0.15) is 27.2 Å². The molecule has 1 saturated heterocycles. The molecule has 1 atom stereocenters. The predicted octanol–water partition coefficient (Wildman–Crippen LogP) is 3.49. The van der Waals surface area contributed by atoms with Crippen molar-refractivity contribution < 1.29 is 27.4 Å². The molecule has 0 bridgehead atoms. The second kappa shape index (κ2) is 6.06. The van der Waals surface area contributed by atoms with Gasteiger partial charge in [-0.1, -0.05) is 0 Å². The highest BCUT2D eigenvalue weighted by atomic mass is 19.2. The largest absolute Gasteiger partial charge is 0.482 e. The number of amides is 1. The van der Waals surface area contributed by atoms with E-state index in [0.29, 0.717) is 19.0 Å². The van der Waals surface area contributed by atoms with Crippen molar-refractivity contribution in [2.75, 3.05) is 13.1 Å². The Balaban J connectivity index is 2.00. The van der Waals surface area contributed by atoms with Crippen LogP contribution in [0.5, 0.6) is 5.75 Å². The van der Waals surface area contributed by atoms with Crippen molar-refractivity contribution in [2.24, 2.45) is 0 Å². The zero-order valence-electron chi connectivity index (χ0n) is 12.7. The standard InChI is InChI=1S/C15H18F3NO3/c1-15(2,3)22-14(20)19-7-6-9(8-19)21-13-11(17)5-4-10(16)12(13)18/h4-5,9H,6-8H2,1-3H3. The molecule has 0 spiro atoms. The molecule has 1 heterocycles. The summed E-state index contributed by atoms with van der Waals surface area (Å²) in [4.78, 5) is 13.3. The van der Waals surface area contributed by atoms with Gasteiger partial charge in [-0.25, -0.2) is 13.6 Å². The minimum Gasteiger partial charge on any atom is -0.482 e. The molecule has 0 N–H and O–H groups in total. The number of rotatable bonds is 2. The van der Waals surface area contributed by atoms with Gasteiger partial charge in [-0.15, -0.1) is 0 Å². The van der Waals surface area contributed by atoms with Crippen molar-refractivity contribution in [1.82, 2.24) is 4.90 Å². The zero-order valence-corrected chi connectivity index (χ0v) is 12.7. The van der Waals surface area contributed by atoms with Crippen molar-refractivity contribution in [3.05, 3.63) is 29.6 Å². The van der Waals surface area contributed by atoms with Gasteiger partial charge in [0.1, 0.15) is 11.7 Å². The number of nitrogens with zero attached hydrogens (tertiary/aromatic N) is 1. The van der Waals surface area contributed by atoms with Gasteiger partial charge < -0.3 is 14.4 Å². The van der Waals surface area contributed by atoms with Crippen molar-refractivity contribution in [3.8, 4) is 5.75 Å². The van der Waals surface area contributed by atoms with E-state index in [0.717, 1.165) is 6.07 Å². The molecule has 0 radical (unpaired) electrons. The van der Waals surface area contributed by atoms with Gasteiger partial charge >= 0.3 is 6.09 Å².